The fourth-order valence-electron chi connectivity index (χ4n) is 2.17. The Bertz CT molecular complexity index is 531. The first kappa shape index (κ1) is 14.9. The van der Waals surface area contributed by atoms with Gasteiger partial charge in [0.1, 0.15) is 0 Å². The average Bonchev–Trinajstić information content (AvgIpc) is 2.50. The molecule has 2 aromatic rings. The molecule has 0 saturated carbocycles. The van der Waals surface area contributed by atoms with Crippen LogP contribution in [0.25, 0.3) is 10.9 Å². The van der Waals surface area contributed by atoms with E-state index in [4.69, 9.17) is 9.47 Å². The first-order valence-corrected chi connectivity index (χ1v) is 7.00. The zero-order valence-electron chi connectivity index (χ0n) is 12.1. The van der Waals surface area contributed by atoms with Crippen molar-refractivity contribution in [1.82, 2.24) is 10.3 Å². The number of benzene rings is 1. The molecule has 0 amide bonds. The summed E-state index contributed by atoms with van der Waals surface area (Å²) in [6.45, 7) is 4.89. The SMILES string of the molecule is CCNC(COCCOC)c1ccc2ncccc2c1. The van der Waals surface area contributed by atoms with Gasteiger partial charge >= 0.3 is 0 Å². The summed E-state index contributed by atoms with van der Waals surface area (Å²) in [6.07, 6.45) is 1.82. The van der Waals surface area contributed by atoms with Gasteiger partial charge in [0.15, 0.2) is 0 Å². The minimum atomic E-state index is 0.196. The van der Waals surface area contributed by atoms with Crippen LogP contribution in [0.1, 0.15) is 18.5 Å². The van der Waals surface area contributed by atoms with E-state index in [9.17, 15) is 0 Å². The van der Waals surface area contributed by atoms with Gasteiger partial charge in [-0.2, -0.15) is 0 Å². The van der Waals surface area contributed by atoms with E-state index in [1.54, 1.807) is 7.11 Å². The van der Waals surface area contributed by atoms with Crippen molar-refractivity contribution < 1.29 is 9.47 Å². The highest BCUT2D eigenvalue weighted by Crippen LogP contribution is 2.19. The second-order valence-corrected chi connectivity index (χ2v) is 4.63. The molecule has 0 radical (unpaired) electrons. The number of nitrogens with zero attached hydrogens (tertiary/aromatic N) is 1. The van der Waals surface area contributed by atoms with E-state index in [-0.39, 0.29) is 6.04 Å². The standard InChI is InChI=1S/C16H22N2O2/c1-3-17-16(12-20-10-9-19-2)14-6-7-15-13(11-14)5-4-8-18-15/h4-8,11,16-17H,3,9-10,12H2,1-2H3. The Labute approximate surface area is 120 Å². The second kappa shape index (κ2) is 7.94. The van der Waals surface area contributed by atoms with Gasteiger partial charge in [0.2, 0.25) is 0 Å². The molecule has 1 unspecified atom stereocenters. The maximum atomic E-state index is 5.65. The van der Waals surface area contributed by atoms with Crippen molar-refractivity contribution in [3.63, 3.8) is 0 Å². The van der Waals surface area contributed by atoms with Crippen LogP contribution in [0.4, 0.5) is 0 Å². The molecule has 1 N–H and O–H groups in total. The molecule has 1 heterocycles. The Morgan fingerprint density at radius 2 is 2.15 bits per heavy atom. The molecule has 108 valence electrons. The number of aromatic nitrogens is 1. The molecule has 2 rings (SSSR count). The van der Waals surface area contributed by atoms with E-state index in [1.165, 1.54) is 5.56 Å². The molecule has 0 aliphatic heterocycles. The summed E-state index contributed by atoms with van der Waals surface area (Å²) in [7, 11) is 1.68. The predicted octanol–water partition coefficient (Wildman–Crippen LogP) is 2.55. The number of hydrogen-bond donors (Lipinski definition) is 1. The van der Waals surface area contributed by atoms with Gasteiger partial charge in [-0.3, -0.25) is 4.98 Å². The van der Waals surface area contributed by atoms with Crippen molar-refractivity contribution in [2.24, 2.45) is 0 Å². The van der Waals surface area contributed by atoms with Gasteiger partial charge in [-0.05, 0) is 30.3 Å². The van der Waals surface area contributed by atoms with Gasteiger partial charge in [-0.15, -0.1) is 0 Å². The van der Waals surface area contributed by atoms with E-state index >= 15 is 0 Å². The summed E-state index contributed by atoms with van der Waals surface area (Å²) >= 11 is 0. The number of methoxy groups -OCH3 is 1. The van der Waals surface area contributed by atoms with Crippen molar-refractivity contribution in [2.75, 3.05) is 33.5 Å². The molecule has 0 bridgehead atoms. The summed E-state index contributed by atoms with van der Waals surface area (Å²) in [5.41, 5.74) is 2.25. The summed E-state index contributed by atoms with van der Waals surface area (Å²) in [4.78, 5) is 4.35. The summed E-state index contributed by atoms with van der Waals surface area (Å²) in [6, 6.07) is 10.6. The van der Waals surface area contributed by atoms with Crippen molar-refractivity contribution in [3.8, 4) is 0 Å². The molecule has 4 nitrogen and oxygen atoms in total. The van der Waals surface area contributed by atoms with Gasteiger partial charge < -0.3 is 14.8 Å². The Kier molecular flexibility index (Phi) is 5.92. The lowest BCUT2D eigenvalue weighted by Gasteiger charge is -2.19. The molecular weight excluding hydrogens is 252 g/mol. The van der Waals surface area contributed by atoms with Crippen LogP contribution in [0.15, 0.2) is 36.5 Å². The molecule has 0 aliphatic carbocycles. The van der Waals surface area contributed by atoms with Crippen LogP contribution in [0.2, 0.25) is 0 Å². The van der Waals surface area contributed by atoms with Crippen molar-refractivity contribution >= 4 is 10.9 Å². The third-order valence-electron chi connectivity index (χ3n) is 3.20. The van der Waals surface area contributed by atoms with E-state index in [0.29, 0.717) is 19.8 Å². The highest BCUT2D eigenvalue weighted by atomic mass is 16.5. The number of ether oxygens (including phenoxy) is 2. The number of hydrogen-bond acceptors (Lipinski definition) is 4. The molecule has 4 heteroatoms. The van der Waals surface area contributed by atoms with E-state index < -0.39 is 0 Å². The quantitative estimate of drug-likeness (QED) is 0.751. The van der Waals surface area contributed by atoms with Crippen LogP contribution in [0.3, 0.4) is 0 Å². The topological polar surface area (TPSA) is 43.4 Å². The van der Waals surface area contributed by atoms with Gasteiger partial charge in [0.25, 0.3) is 0 Å². The van der Waals surface area contributed by atoms with Crippen LogP contribution in [0.5, 0.6) is 0 Å². The first-order valence-electron chi connectivity index (χ1n) is 7.00. The van der Waals surface area contributed by atoms with Crippen molar-refractivity contribution in [1.29, 1.82) is 0 Å². The van der Waals surface area contributed by atoms with Crippen LogP contribution >= 0.6 is 0 Å². The summed E-state index contributed by atoms with van der Waals surface area (Å²) in [5, 5.41) is 4.61. The Balaban J connectivity index is 2.09. The van der Waals surface area contributed by atoms with Crippen LogP contribution in [-0.4, -0.2) is 38.5 Å². The van der Waals surface area contributed by atoms with Crippen molar-refractivity contribution in [2.45, 2.75) is 13.0 Å². The maximum Gasteiger partial charge on any atom is 0.0702 e. The average molecular weight is 274 g/mol. The van der Waals surface area contributed by atoms with E-state index in [2.05, 4.69) is 41.5 Å². The monoisotopic (exact) mass is 274 g/mol. The number of fused-ring (bicyclic) bond motifs is 1. The van der Waals surface area contributed by atoms with E-state index in [1.807, 2.05) is 12.3 Å². The number of pyridine rings is 1. The molecule has 0 aliphatic rings. The number of nitrogens with one attached hydrogen (secondary N) is 1. The molecule has 1 atom stereocenters. The van der Waals surface area contributed by atoms with Crippen LogP contribution < -0.4 is 5.32 Å². The Hall–Kier alpha value is -1.49. The highest BCUT2D eigenvalue weighted by molar-refractivity contribution is 5.79. The third kappa shape index (κ3) is 4.00. The van der Waals surface area contributed by atoms with Gasteiger partial charge in [-0.25, -0.2) is 0 Å². The fourth-order valence-corrected chi connectivity index (χ4v) is 2.17. The molecular formula is C16H22N2O2. The van der Waals surface area contributed by atoms with Gasteiger partial charge in [0.05, 0.1) is 31.4 Å². The zero-order valence-corrected chi connectivity index (χ0v) is 12.1. The third-order valence-corrected chi connectivity index (χ3v) is 3.20. The molecule has 0 spiro atoms. The zero-order chi connectivity index (χ0) is 14.2. The minimum Gasteiger partial charge on any atom is -0.382 e. The maximum absolute atomic E-state index is 5.65. The normalized spacial score (nSPS) is 12.7. The fraction of sp³-hybridized carbons (Fsp3) is 0.438. The number of rotatable bonds is 8. The first-order chi connectivity index (χ1) is 9.85. The highest BCUT2D eigenvalue weighted by Gasteiger charge is 2.11. The molecule has 1 aromatic heterocycles. The number of likely N-dealkylation sites (N-methyl/N-ethyl adjacent to an activating group) is 1. The lowest BCUT2D eigenvalue weighted by Crippen LogP contribution is -2.26. The smallest absolute Gasteiger partial charge is 0.0702 e. The van der Waals surface area contributed by atoms with Gasteiger partial charge in [0, 0.05) is 18.7 Å². The predicted molar refractivity (Wildman–Crippen MR) is 80.9 cm³/mol. The van der Waals surface area contributed by atoms with Crippen molar-refractivity contribution in [3.05, 3.63) is 42.1 Å². The van der Waals surface area contributed by atoms with E-state index in [0.717, 1.165) is 17.4 Å². The van der Waals surface area contributed by atoms with Crippen LogP contribution in [-0.2, 0) is 9.47 Å². The lowest BCUT2D eigenvalue weighted by atomic mass is 10.0. The largest absolute Gasteiger partial charge is 0.382 e. The minimum absolute atomic E-state index is 0.196. The van der Waals surface area contributed by atoms with Crippen LogP contribution in [0, 0.1) is 0 Å². The summed E-state index contributed by atoms with van der Waals surface area (Å²) in [5.74, 6) is 0. The summed E-state index contributed by atoms with van der Waals surface area (Å²) < 4.78 is 10.6. The molecule has 20 heavy (non-hydrogen) atoms. The molecule has 0 fully saturated rings. The molecule has 1 aromatic carbocycles. The Morgan fingerprint density at radius 3 is 2.95 bits per heavy atom. The molecule has 0 saturated heterocycles. The van der Waals surface area contributed by atoms with Gasteiger partial charge in [-0.1, -0.05) is 19.1 Å². The lowest BCUT2D eigenvalue weighted by molar-refractivity contribution is 0.0588. The Morgan fingerprint density at radius 1 is 1.25 bits per heavy atom. The second-order valence-electron chi connectivity index (χ2n) is 4.63.